The van der Waals surface area contributed by atoms with Crippen molar-refractivity contribution in [3.05, 3.63) is 42.6 Å². The highest BCUT2D eigenvalue weighted by atomic mass is 16.5. The van der Waals surface area contributed by atoms with Crippen molar-refractivity contribution in [2.75, 3.05) is 5.73 Å². The number of aromatic nitrogens is 2. The third kappa shape index (κ3) is 1.80. The van der Waals surface area contributed by atoms with Gasteiger partial charge in [-0.3, -0.25) is 0 Å². The van der Waals surface area contributed by atoms with Crippen LogP contribution in [0, 0.1) is 0 Å². The molecule has 14 heavy (non-hydrogen) atoms. The van der Waals surface area contributed by atoms with E-state index in [-0.39, 0.29) is 0 Å². The maximum atomic E-state index is 5.70. The first-order chi connectivity index (χ1) is 6.86. The molecule has 1 heterocycles. The first kappa shape index (κ1) is 8.50. The summed E-state index contributed by atoms with van der Waals surface area (Å²) in [6.07, 6.45) is 1.58. The van der Waals surface area contributed by atoms with Crippen LogP contribution in [-0.2, 0) is 0 Å². The quantitative estimate of drug-likeness (QED) is 0.729. The molecule has 4 nitrogen and oxygen atoms in total. The first-order valence-corrected chi connectivity index (χ1v) is 4.16. The van der Waals surface area contributed by atoms with Crippen molar-refractivity contribution in [1.29, 1.82) is 0 Å². The van der Waals surface area contributed by atoms with Gasteiger partial charge in [0.05, 0.1) is 5.69 Å². The minimum absolute atomic E-state index is 0.436. The second-order valence-electron chi connectivity index (χ2n) is 2.70. The van der Waals surface area contributed by atoms with E-state index in [4.69, 9.17) is 10.5 Å². The smallest absolute Gasteiger partial charge is 0.238 e. The lowest BCUT2D eigenvalue weighted by Gasteiger charge is -2.05. The van der Waals surface area contributed by atoms with Gasteiger partial charge < -0.3 is 10.5 Å². The Morgan fingerprint density at radius 3 is 2.64 bits per heavy atom. The lowest BCUT2D eigenvalue weighted by atomic mass is 10.3. The minimum atomic E-state index is 0.436. The van der Waals surface area contributed by atoms with E-state index in [1.54, 1.807) is 30.5 Å². The molecule has 1 aromatic heterocycles. The molecule has 70 valence electrons. The fraction of sp³-hybridized carbons (Fsp3) is 0. The van der Waals surface area contributed by atoms with E-state index in [1.165, 1.54) is 0 Å². The summed E-state index contributed by atoms with van der Waals surface area (Å²) in [7, 11) is 0. The molecule has 2 rings (SSSR count). The van der Waals surface area contributed by atoms with E-state index >= 15 is 0 Å². The Bertz CT molecular complexity index is 417. The SMILES string of the molecule is Nc1ccccc1Oc1cccnn1. The molecular weight excluding hydrogens is 178 g/mol. The number of nitrogens with zero attached hydrogens (tertiary/aromatic N) is 2. The molecule has 0 unspecified atom stereocenters. The molecule has 0 saturated carbocycles. The predicted octanol–water partition coefficient (Wildman–Crippen LogP) is 1.85. The van der Waals surface area contributed by atoms with Crippen molar-refractivity contribution in [2.24, 2.45) is 0 Å². The van der Waals surface area contributed by atoms with Crippen molar-refractivity contribution in [3.8, 4) is 11.6 Å². The molecular formula is C10H9N3O. The average molecular weight is 187 g/mol. The topological polar surface area (TPSA) is 61.0 Å². The van der Waals surface area contributed by atoms with E-state index < -0.39 is 0 Å². The van der Waals surface area contributed by atoms with Crippen molar-refractivity contribution in [3.63, 3.8) is 0 Å². The van der Waals surface area contributed by atoms with Gasteiger partial charge in [-0.15, -0.1) is 5.10 Å². The van der Waals surface area contributed by atoms with Gasteiger partial charge in [-0.1, -0.05) is 12.1 Å². The molecule has 0 radical (unpaired) electrons. The Hall–Kier alpha value is -2.10. The van der Waals surface area contributed by atoms with Crippen molar-refractivity contribution >= 4 is 5.69 Å². The number of ether oxygens (including phenoxy) is 1. The second kappa shape index (κ2) is 3.74. The van der Waals surface area contributed by atoms with Crippen LogP contribution in [0.25, 0.3) is 0 Å². The number of anilines is 1. The maximum Gasteiger partial charge on any atom is 0.238 e. The molecule has 1 aromatic carbocycles. The lowest BCUT2D eigenvalue weighted by Crippen LogP contribution is -1.93. The second-order valence-corrected chi connectivity index (χ2v) is 2.70. The van der Waals surface area contributed by atoms with Gasteiger partial charge in [0.15, 0.2) is 5.75 Å². The van der Waals surface area contributed by atoms with Crippen molar-refractivity contribution in [1.82, 2.24) is 10.2 Å². The summed E-state index contributed by atoms with van der Waals surface area (Å²) >= 11 is 0. The van der Waals surface area contributed by atoms with Crippen LogP contribution >= 0.6 is 0 Å². The third-order valence-corrected chi connectivity index (χ3v) is 1.68. The summed E-state index contributed by atoms with van der Waals surface area (Å²) in [5.74, 6) is 1.03. The van der Waals surface area contributed by atoms with E-state index in [0.717, 1.165) is 0 Å². The number of nitrogens with two attached hydrogens (primary N) is 1. The van der Waals surface area contributed by atoms with Crippen LogP contribution in [0.2, 0.25) is 0 Å². The van der Waals surface area contributed by atoms with E-state index in [2.05, 4.69) is 10.2 Å². The summed E-state index contributed by atoms with van der Waals surface area (Å²) in [5, 5.41) is 7.48. The predicted molar refractivity (Wildman–Crippen MR) is 53.0 cm³/mol. The van der Waals surface area contributed by atoms with Crippen LogP contribution in [0.3, 0.4) is 0 Å². The largest absolute Gasteiger partial charge is 0.435 e. The zero-order valence-corrected chi connectivity index (χ0v) is 7.42. The van der Waals surface area contributed by atoms with Crippen LogP contribution in [0.1, 0.15) is 0 Å². The molecule has 0 aliphatic heterocycles. The van der Waals surface area contributed by atoms with Gasteiger partial charge in [0.25, 0.3) is 0 Å². The van der Waals surface area contributed by atoms with Gasteiger partial charge in [-0.25, -0.2) is 0 Å². The van der Waals surface area contributed by atoms with Gasteiger partial charge >= 0.3 is 0 Å². The normalized spacial score (nSPS) is 9.71. The molecule has 0 bridgehead atoms. The van der Waals surface area contributed by atoms with Crippen molar-refractivity contribution < 1.29 is 4.74 Å². The summed E-state index contributed by atoms with van der Waals surface area (Å²) in [6.45, 7) is 0. The molecule has 2 aromatic rings. The molecule has 0 fully saturated rings. The van der Waals surface area contributed by atoms with Gasteiger partial charge in [0.1, 0.15) is 0 Å². The molecule has 0 aliphatic rings. The Morgan fingerprint density at radius 2 is 1.93 bits per heavy atom. The summed E-state index contributed by atoms with van der Waals surface area (Å²) < 4.78 is 5.41. The zero-order chi connectivity index (χ0) is 9.80. The highest BCUT2D eigenvalue weighted by Gasteiger charge is 2.00. The Morgan fingerprint density at radius 1 is 1.07 bits per heavy atom. The number of nitrogen functional groups attached to an aromatic ring is 1. The molecule has 0 amide bonds. The summed E-state index contributed by atoms with van der Waals surface area (Å²) in [6, 6.07) is 10.7. The molecule has 0 spiro atoms. The highest BCUT2D eigenvalue weighted by molar-refractivity contribution is 5.52. The molecule has 0 aliphatic carbocycles. The van der Waals surface area contributed by atoms with Gasteiger partial charge in [0, 0.05) is 12.3 Å². The molecule has 4 heteroatoms. The van der Waals surface area contributed by atoms with Crippen LogP contribution in [0.15, 0.2) is 42.6 Å². The Balaban J connectivity index is 2.24. The average Bonchev–Trinajstić information content (AvgIpc) is 2.23. The molecule has 2 N–H and O–H groups in total. The molecule has 0 atom stereocenters. The summed E-state index contributed by atoms with van der Waals surface area (Å²) in [4.78, 5) is 0. The first-order valence-electron chi connectivity index (χ1n) is 4.16. The van der Waals surface area contributed by atoms with E-state index in [1.807, 2.05) is 12.1 Å². The molecule has 0 saturated heterocycles. The zero-order valence-electron chi connectivity index (χ0n) is 7.42. The summed E-state index contributed by atoms with van der Waals surface area (Å²) in [5.41, 5.74) is 6.28. The number of para-hydroxylation sites is 2. The van der Waals surface area contributed by atoms with Crippen LogP contribution in [-0.4, -0.2) is 10.2 Å². The fourth-order valence-corrected chi connectivity index (χ4v) is 1.03. The fourth-order valence-electron chi connectivity index (χ4n) is 1.03. The lowest BCUT2D eigenvalue weighted by molar-refractivity contribution is 0.457. The van der Waals surface area contributed by atoms with Gasteiger partial charge in [0.2, 0.25) is 5.88 Å². The van der Waals surface area contributed by atoms with Crippen molar-refractivity contribution in [2.45, 2.75) is 0 Å². The Labute approximate surface area is 81.3 Å². The maximum absolute atomic E-state index is 5.70. The number of benzene rings is 1. The number of hydrogen-bond acceptors (Lipinski definition) is 4. The van der Waals surface area contributed by atoms with Crippen LogP contribution in [0.5, 0.6) is 11.6 Å². The number of hydrogen-bond donors (Lipinski definition) is 1. The monoisotopic (exact) mass is 187 g/mol. The Kier molecular flexibility index (Phi) is 2.27. The van der Waals surface area contributed by atoms with Gasteiger partial charge in [-0.05, 0) is 18.2 Å². The van der Waals surface area contributed by atoms with E-state index in [0.29, 0.717) is 17.3 Å². The van der Waals surface area contributed by atoms with E-state index in [9.17, 15) is 0 Å². The minimum Gasteiger partial charge on any atom is -0.435 e. The van der Waals surface area contributed by atoms with Crippen LogP contribution < -0.4 is 10.5 Å². The highest BCUT2D eigenvalue weighted by Crippen LogP contribution is 2.24. The van der Waals surface area contributed by atoms with Gasteiger partial charge in [-0.2, -0.15) is 5.10 Å². The number of rotatable bonds is 2. The third-order valence-electron chi connectivity index (χ3n) is 1.68. The standard InChI is InChI=1S/C10H9N3O/c11-8-4-1-2-5-9(8)14-10-6-3-7-12-13-10/h1-7H,11H2. The van der Waals surface area contributed by atoms with Crippen LogP contribution in [0.4, 0.5) is 5.69 Å².